The predicted molar refractivity (Wildman–Crippen MR) is 62.3 cm³/mol. The molecule has 0 bridgehead atoms. The fourth-order valence-corrected chi connectivity index (χ4v) is 2.19. The van der Waals surface area contributed by atoms with Crippen LogP contribution in [0.15, 0.2) is 18.3 Å². The zero-order valence-electron chi connectivity index (χ0n) is 9.87. The molecule has 6 heteroatoms. The van der Waals surface area contributed by atoms with E-state index in [1.165, 1.54) is 0 Å². The third-order valence-corrected chi connectivity index (χ3v) is 3.22. The first-order chi connectivity index (χ1) is 8.66. The second-order valence-corrected chi connectivity index (χ2v) is 4.48. The van der Waals surface area contributed by atoms with Crippen LogP contribution in [0.25, 0.3) is 0 Å². The molecule has 0 aromatic carbocycles. The maximum Gasteiger partial charge on any atom is 0.306 e. The Kier molecular flexibility index (Phi) is 3.86. The van der Waals surface area contributed by atoms with Crippen LogP contribution in [0.3, 0.4) is 0 Å². The quantitative estimate of drug-likeness (QED) is 0.815. The van der Waals surface area contributed by atoms with Gasteiger partial charge < -0.3 is 10.4 Å². The number of hydrogen-bond acceptors (Lipinski definition) is 4. The largest absolute Gasteiger partial charge is 0.481 e. The van der Waals surface area contributed by atoms with Gasteiger partial charge in [-0.2, -0.15) is 10.2 Å². The first kappa shape index (κ1) is 12.5. The Hall–Kier alpha value is -1.98. The number of hydrogen-bond donors (Lipinski definition) is 2. The molecule has 0 spiro atoms. The molecule has 0 saturated heterocycles. The van der Waals surface area contributed by atoms with Crippen molar-refractivity contribution in [2.75, 3.05) is 0 Å². The average Bonchev–Trinajstić information content (AvgIpc) is 2.87. The second kappa shape index (κ2) is 5.57. The Bertz CT molecular complexity index is 435. The summed E-state index contributed by atoms with van der Waals surface area (Å²) >= 11 is 0. The molecule has 1 heterocycles. The van der Waals surface area contributed by atoms with Crippen molar-refractivity contribution >= 4 is 11.9 Å². The van der Waals surface area contributed by atoms with Crippen LogP contribution in [0.4, 0.5) is 0 Å². The summed E-state index contributed by atoms with van der Waals surface area (Å²) in [6, 6.07) is 3.53. The van der Waals surface area contributed by atoms with Gasteiger partial charge in [-0.05, 0) is 31.4 Å². The van der Waals surface area contributed by atoms with Gasteiger partial charge in [-0.25, -0.2) is 0 Å². The minimum atomic E-state index is -0.806. The van der Waals surface area contributed by atoms with Crippen molar-refractivity contribution in [2.24, 2.45) is 11.8 Å². The molecule has 2 rings (SSSR count). The number of nitrogens with zero attached hydrogens (tertiary/aromatic N) is 2. The summed E-state index contributed by atoms with van der Waals surface area (Å²) in [4.78, 5) is 22.6. The smallest absolute Gasteiger partial charge is 0.306 e. The average molecular weight is 249 g/mol. The molecule has 18 heavy (non-hydrogen) atoms. The van der Waals surface area contributed by atoms with E-state index < -0.39 is 5.97 Å². The van der Waals surface area contributed by atoms with E-state index in [-0.39, 0.29) is 17.7 Å². The molecule has 1 aliphatic rings. The van der Waals surface area contributed by atoms with E-state index in [0.717, 1.165) is 0 Å². The van der Waals surface area contributed by atoms with Gasteiger partial charge in [0.25, 0.3) is 0 Å². The minimum Gasteiger partial charge on any atom is -0.481 e. The standard InChI is InChI=1S/C12H15N3O3/c16-11(8-3-4-9(6-8)12(17)18)13-7-10-2-1-5-14-15-10/h1-2,5,8-9H,3-4,6-7H2,(H,13,16)(H,17,18)/t8-,9+/m1/s1. The van der Waals surface area contributed by atoms with E-state index in [9.17, 15) is 9.59 Å². The van der Waals surface area contributed by atoms with E-state index in [4.69, 9.17) is 5.11 Å². The minimum absolute atomic E-state index is 0.0931. The van der Waals surface area contributed by atoms with Crippen LogP contribution in [0, 0.1) is 11.8 Å². The predicted octanol–water partition coefficient (Wildman–Crippen LogP) is 0.594. The van der Waals surface area contributed by atoms with Gasteiger partial charge in [-0.15, -0.1) is 0 Å². The molecule has 1 aromatic rings. The normalized spacial score (nSPS) is 22.7. The SMILES string of the molecule is O=C(O)[C@H]1CC[C@@H](C(=O)NCc2cccnn2)C1. The molecule has 1 fully saturated rings. The number of aliphatic carboxylic acids is 1. The lowest BCUT2D eigenvalue weighted by molar-refractivity contribution is -0.141. The van der Waals surface area contributed by atoms with Gasteiger partial charge in [0.05, 0.1) is 18.2 Å². The summed E-state index contributed by atoms with van der Waals surface area (Å²) in [6.07, 6.45) is 3.23. The zero-order chi connectivity index (χ0) is 13.0. The molecule has 2 atom stereocenters. The van der Waals surface area contributed by atoms with Crippen LogP contribution in [-0.2, 0) is 16.1 Å². The number of carboxylic acid groups (broad SMARTS) is 1. The Morgan fingerprint density at radius 1 is 1.39 bits per heavy atom. The monoisotopic (exact) mass is 249 g/mol. The highest BCUT2D eigenvalue weighted by Gasteiger charge is 2.33. The molecule has 0 radical (unpaired) electrons. The molecule has 0 aliphatic heterocycles. The molecule has 0 unspecified atom stereocenters. The van der Waals surface area contributed by atoms with Crippen LogP contribution >= 0.6 is 0 Å². The summed E-state index contributed by atoms with van der Waals surface area (Å²) in [7, 11) is 0. The molecule has 6 nitrogen and oxygen atoms in total. The van der Waals surface area contributed by atoms with E-state index >= 15 is 0 Å². The Morgan fingerprint density at radius 3 is 2.78 bits per heavy atom. The first-order valence-electron chi connectivity index (χ1n) is 5.94. The van der Waals surface area contributed by atoms with E-state index in [0.29, 0.717) is 31.5 Å². The fourth-order valence-electron chi connectivity index (χ4n) is 2.19. The summed E-state index contributed by atoms with van der Waals surface area (Å²) in [5.74, 6) is -1.47. The number of nitrogens with one attached hydrogen (secondary N) is 1. The zero-order valence-corrected chi connectivity index (χ0v) is 9.87. The van der Waals surface area contributed by atoms with Crippen molar-refractivity contribution < 1.29 is 14.7 Å². The fraction of sp³-hybridized carbons (Fsp3) is 0.500. The van der Waals surface area contributed by atoms with E-state index in [1.807, 2.05) is 0 Å². The molecule has 1 amide bonds. The summed E-state index contributed by atoms with van der Waals surface area (Å²) in [5.41, 5.74) is 0.693. The van der Waals surface area contributed by atoms with Gasteiger partial charge >= 0.3 is 5.97 Å². The maximum atomic E-state index is 11.8. The lowest BCUT2D eigenvalue weighted by Crippen LogP contribution is -2.29. The highest BCUT2D eigenvalue weighted by molar-refractivity contribution is 5.80. The molecule has 1 aromatic heterocycles. The lowest BCUT2D eigenvalue weighted by atomic mass is 10.0. The number of amides is 1. The van der Waals surface area contributed by atoms with Crippen molar-refractivity contribution in [3.05, 3.63) is 24.0 Å². The van der Waals surface area contributed by atoms with Crippen LogP contribution in [0.1, 0.15) is 25.0 Å². The third-order valence-electron chi connectivity index (χ3n) is 3.22. The summed E-state index contributed by atoms with van der Waals surface area (Å²) in [5, 5.41) is 19.2. The van der Waals surface area contributed by atoms with Crippen LogP contribution in [0.5, 0.6) is 0 Å². The Balaban J connectivity index is 1.81. The van der Waals surface area contributed by atoms with E-state index in [1.54, 1.807) is 18.3 Å². The number of rotatable bonds is 4. The maximum absolute atomic E-state index is 11.8. The van der Waals surface area contributed by atoms with E-state index in [2.05, 4.69) is 15.5 Å². The van der Waals surface area contributed by atoms with Gasteiger partial charge in [0.1, 0.15) is 0 Å². The Morgan fingerprint density at radius 2 is 2.17 bits per heavy atom. The highest BCUT2D eigenvalue weighted by atomic mass is 16.4. The second-order valence-electron chi connectivity index (χ2n) is 4.48. The number of carbonyl (C=O) groups excluding carboxylic acids is 1. The molecular weight excluding hydrogens is 234 g/mol. The molecule has 1 saturated carbocycles. The molecule has 96 valence electrons. The summed E-state index contributed by atoms with van der Waals surface area (Å²) in [6.45, 7) is 0.334. The lowest BCUT2D eigenvalue weighted by Gasteiger charge is -2.10. The van der Waals surface area contributed by atoms with Crippen molar-refractivity contribution in [2.45, 2.75) is 25.8 Å². The van der Waals surface area contributed by atoms with Gasteiger partial charge in [-0.1, -0.05) is 0 Å². The van der Waals surface area contributed by atoms with Crippen LogP contribution < -0.4 is 5.32 Å². The Labute approximate surface area is 104 Å². The van der Waals surface area contributed by atoms with Gasteiger partial charge in [0.15, 0.2) is 0 Å². The van der Waals surface area contributed by atoms with Crippen LogP contribution in [-0.4, -0.2) is 27.2 Å². The topological polar surface area (TPSA) is 92.2 Å². The van der Waals surface area contributed by atoms with Crippen molar-refractivity contribution in [1.29, 1.82) is 0 Å². The van der Waals surface area contributed by atoms with Crippen LogP contribution in [0.2, 0.25) is 0 Å². The van der Waals surface area contributed by atoms with Crippen molar-refractivity contribution in [1.82, 2.24) is 15.5 Å². The molecular formula is C12H15N3O3. The van der Waals surface area contributed by atoms with Gasteiger partial charge in [-0.3, -0.25) is 9.59 Å². The third kappa shape index (κ3) is 3.03. The van der Waals surface area contributed by atoms with Crippen molar-refractivity contribution in [3.63, 3.8) is 0 Å². The molecule has 2 N–H and O–H groups in total. The highest BCUT2D eigenvalue weighted by Crippen LogP contribution is 2.31. The number of carbonyl (C=O) groups is 2. The summed E-state index contributed by atoms with van der Waals surface area (Å²) < 4.78 is 0. The number of aromatic nitrogens is 2. The van der Waals surface area contributed by atoms with Crippen molar-refractivity contribution in [3.8, 4) is 0 Å². The van der Waals surface area contributed by atoms with Gasteiger partial charge in [0, 0.05) is 12.1 Å². The van der Waals surface area contributed by atoms with Gasteiger partial charge in [0.2, 0.25) is 5.91 Å². The molecule has 1 aliphatic carbocycles. The number of carboxylic acids is 1. The first-order valence-corrected chi connectivity index (χ1v) is 5.94.